The van der Waals surface area contributed by atoms with E-state index in [2.05, 4.69) is 50.3 Å². The lowest BCUT2D eigenvalue weighted by atomic mass is 10.1. The summed E-state index contributed by atoms with van der Waals surface area (Å²) in [6, 6.07) is 0. The molecule has 0 heterocycles. The lowest BCUT2D eigenvalue weighted by Gasteiger charge is -2.19. The lowest BCUT2D eigenvalue weighted by molar-refractivity contribution is -0.161. The number of hydrogen-bond acceptors (Lipinski definition) is 8. The second kappa shape index (κ2) is 42.8. The van der Waals surface area contributed by atoms with Crippen LogP contribution in [0.4, 0.5) is 0 Å². The first-order chi connectivity index (χ1) is 27.3. The molecule has 0 aliphatic heterocycles. The van der Waals surface area contributed by atoms with E-state index >= 15 is 0 Å². The number of phosphoric ester groups is 1. The van der Waals surface area contributed by atoms with Crippen molar-refractivity contribution < 1.29 is 37.6 Å². The van der Waals surface area contributed by atoms with Gasteiger partial charge in [-0.15, -0.1) is 0 Å². The summed E-state index contributed by atoms with van der Waals surface area (Å²) in [5.74, 6) is -0.838. The SMILES string of the molecule is CCCCCC/C=C\C/C=C\CCCCCCCCCC(=O)OC(COC(=O)CCCCCCCCC/C=C\CCCCCCCC)COP(=O)(O)OCCN. The van der Waals surface area contributed by atoms with Crippen LogP contribution in [0.25, 0.3) is 0 Å². The van der Waals surface area contributed by atoms with E-state index in [1.165, 1.54) is 116 Å². The molecule has 0 amide bonds. The molecule has 0 fully saturated rings. The Morgan fingerprint density at radius 3 is 1.39 bits per heavy atom. The number of rotatable bonds is 43. The summed E-state index contributed by atoms with van der Waals surface area (Å²) >= 11 is 0. The Balaban J connectivity index is 4.13. The summed E-state index contributed by atoms with van der Waals surface area (Å²) in [5.41, 5.74) is 5.35. The van der Waals surface area contributed by atoms with Gasteiger partial charge in [0.15, 0.2) is 6.10 Å². The summed E-state index contributed by atoms with van der Waals surface area (Å²) in [7, 11) is -4.38. The number of hydrogen-bond donors (Lipinski definition) is 2. The van der Waals surface area contributed by atoms with Crippen molar-refractivity contribution in [1.82, 2.24) is 0 Å². The second-order valence-corrected chi connectivity index (χ2v) is 16.7. The molecule has 0 spiro atoms. The van der Waals surface area contributed by atoms with E-state index in [0.29, 0.717) is 6.42 Å². The molecule has 0 saturated heterocycles. The molecular formula is C46H86NO8P. The monoisotopic (exact) mass is 812 g/mol. The molecular weight excluding hydrogens is 725 g/mol. The van der Waals surface area contributed by atoms with Gasteiger partial charge in [-0.05, 0) is 70.6 Å². The molecule has 0 bridgehead atoms. The first-order valence-electron chi connectivity index (χ1n) is 23.0. The van der Waals surface area contributed by atoms with E-state index in [4.69, 9.17) is 24.3 Å². The van der Waals surface area contributed by atoms with Gasteiger partial charge in [0, 0.05) is 19.4 Å². The summed E-state index contributed by atoms with van der Waals surface area (Å²) in [6.45, 7) is 3.71. The zero-order chi connectivity index (χ0) is 41.1. The van der Waals surface area contributed by atoms with Crippen molar-refractivity contribution in [2.75, 3.05) is 26.4 Å². The van der Waals surface area contributed by atoms with Crippen LogP contribution in [0.2, 0.25) is 0 Å². The van der Waals surface area contributed by atoms with Gasteiger partial charge >= 0.3 is 19.8 Å². The summed E-state index contributed by atoms with van der Waals surface area (Å²) in [5, 5.41) is 0. The molecule has 2 unspecified atom stereocenters. The van der Waals surface area contributed by atoms with Gasteiger partial charge in [0.2, 0.25) is 0 Å². The number of unbranched alkanes of at least 4 members (excludes halogenated alkanes) is 24. The van der Waals surface area contributed by atoms with E-state index in [1.54, 1.807) is 0 Å². The molecule has 0 aliphatic rings. The molecule has 9 nitrogen and oxygen atoms in total. The smallest absolute Gasteiger partial charge is 0.462 e. The largest absolute Gasteiger partial charge is 0.472 e. The topological polar surface area (TPSA) is 134 Å². The minimum Gasteiger partial charge on any atom is -0.462 e. The average molecular weight is 812 g/mol. The minimum absolute atomic E-state index is 0.0513. The number of ether oxygens (including phenoxy) is 2. The van der Waals surface area contributed by atoms with Crippen molar-refractivity contribution in [3.8, 4) is 0 Å². The van der Waals surface area contributed by atoms with Crippen molar-refractivity contribution in [2.45, 2.75) is 219 Å². The van der Waals surface area contributed by atoms with Crippen molar-refractivity contribution in [3.63, 3.8) is 0 Å². The zero-order valence-electron chi connectivity index (χ0n) is 36.1. The maximum Gasteiger partial charge on any atom is 0.472 e. The number of phosphoric acid groups is 1. The molecule has 56 heavy (non-hydrogen) atoms. The van der Waals surface area contributed by atoms with E-state index < -0.39 is 26.5 Å². The molecule has 2 atom stereocenters. The van der Waals surface area contributed by atoms with E-state index in [-0.39, 0.29) is 38.6 Å². The van der Waals surface area contributed by atoms with Gasteiger partial charge < -0.3 is 20.1 Å². The van der Waals surface area contributed by atoms with Gasteiger partial charge in [-0.3, -0.25) is 18.6 Å². The highest BCUT2D eigenvalue weighted by Crippen LogP contribution is 2.43. The summed E-state index contributed by atoms with van der Waals surface area (Å²) in [6.07, 6.45) is 47.4. The van der Waals surface area contributed by atoms with Crippen LogP contribution >= 0.6 is 7.82 Å². The summed E-state index contributed by atoms with van der Waals surface area (Å²) < 4.78 is 32.8. The average Bonchev–Trinajstić information content (AvgIpc) is 3.18. The van der Waals surface area contributed by atoms with Crippen LogP contribution in [-0.4, -0.2) is 49.3 Å². The molecule has 0 aromatic heterocycles. The Labute approximate surface area is 344 Å². The Hall–Kier alpha value is -1.77. The number of carbonyl (C=O) groups excluding carboxylic acids is 2. The standard InChI is InChI=1S/C46H86NO8P/c1-3-5-7-9-11-13-15-17-19-21-23-25-27-29-31-33-35-37-39-46(49)55-44(43-54-56(50,51)53-41-40-47)42-52-45(48)38-36-34-32-30-28-26-24-22-20-18-16-14-12-10-8-6-4-2/h13,15,18-21,44H,3-12,14,16-17,22-43,47H2,1-2H3,(H,50,51)/b15-13-,20-18-,21-19-. The van der Waals surface area contributed by atoms with E-state index in [1.807, 2.05) is 0 Å². The molecule has 0 saturated carbocycles. The number of allylic oxidation sites excluding steroid dienone is 6. The molecule has 0 rings (SSSR count). The van der Waals surface area contributed by atoms with Crippen molar-refractivity contribution in [1.29, 1.82) is 0 Å². The number of esters is 2. The molecule has 328 valence electrons. The third-order valence-electron chi connectivity index (χ3n) is 9.75. The Bertz CT molecular complexity index is 1020. The van der Waals surface area contributed by atoms with Crippen molar-refractivity contribution in [2.24, 2.45) is 5.73 Å². The van der Waals surface area contributed by atoms with Crippen LogP contribution in [-0.2, 0) is 32.7 Å². The minimum atomic E-state index is -4.38. The third-order valence-corrected chi connectivity index (χ3v) is 10.7. The molecule has 3 N–H and O–H groups in total. The number of carbonyl (C=O) groups is 2. The fraction of sp³-hybridized carbons (Fsp3) is 0.826. The maximum atomic E-state index is 12.6. The van der Waals surface area contributed by atoms with Gasteiger partial charge in [0.05, 0.1) is 13.2 Å². The van der Waals surface area contributed by atoms with Gasteiger partial charge in [0.1, 0.15) is 6.61 Å². The zero-order valence-corrected chi connectivity index (χ0v) is 37.0. The first kappa shape index (κ1) is 54.2. The van der Waals surface area contributed by atoms with Gasteiger partial charge in [0.25, 0.3) is 0 Å². The first-order valence-corrected chi connectivity index (χ1v) is 24.5. The quantitative estimate of drug-likeness (QED) is 0.0267. The fourth-order valence-electron chi connectivity index (χ4n) is 6.31. The maximum absolute atomic E-state index is 12.6. The Morgan fingerprint density at radius 2 is 0.929 bits per heavy atom. The highest BCUT2D eigenvalue weighted by Gasteiger charge is 2.26. The molecule has 0 aromatic carbocycles. The third kappa shape index (κ3) is 41.9. The van der Waals surface area contributed by atoms with Gasteiger partial charge in [-0.2, -0.15) is 0 Å². The second-order valence-electron chi connectivity index (χ2n) is 15.3. The molecule has 0 aliphatic carbocycles. The molecule has 10 heteroatoms. The summed E-state index contributed by atoms with van der Waals surface area (Å²) in [4.78, 5) is 34.9. The van der Waals surface area contributed by atoms with Crippen LogP contribution in [0.1, 0.15) is 213 Å². The Kier molecular flexibility index (Phi) is 41.5. The number of nitrogens with two attached hydrogens (primary N) is 1. The Morgan fingerprint density at radius 1 is 0.536 bits per heavy atom. The van der Waals surface area contributed by atoms with Crippen LogP contribution in [0, 0.1) is 0 Å². The molecule has 0 radical (unpaired) electrons. The van der Waals surface area contributed by atoms with E-state index in [9.17, 15) is 19.0 Å². The molecule has 0 aromatic rings. The highest BCUT2D eigenvalue weighted by atomic mass is 31.2. The highest BCUT2D eigenvalue weighted by molar-refractivity contribution is 7.47. The van der Waals surface area contributed by atoms with Crippen LogP contribution in [0.3, 0.4) is 0 Å². The van der Waals surface area contributed by atoms with Gasteiger partial charge in [-0.1, -0.05) is 166 Å². The van der Waals surface area contributed by atoms with Gasteiger partial charge in [-0.25, -0.2) is 4.57 Å². The van der Waals surface area contributed by atoms with E-state index in [0.717, 1.165) is 64.2 Å². The van der Waals surface area contributed by atoms with Crippen molar-refractivity contribution in [3.05, 3.63) is 36.5 Å². The normalized spacial score (nSPS) is 13.6. The van der Waals surface area contributed by atoms with Crippen LogP contribution in [0.5, 0.6) is 0 Å². The van der Waals surface area contributed by atoms with Crippen LogP contribution < -0.4 is 5.73 Å². The predicted octanol–water partition coefficient (Wildman–Crippen LogP) is 13.3. The van der Waals surface area contributed by atoms with Crippen molar-refractivity contribution >= 4 is 19.8 Å². The van der Waals surface area contributed by atoms with Crippen LogP contribution in [0.15, 0.2) is 36.5 Å². The fourth-order valence-corrected chi connectivity index (χ4v) is 7.07. The predicted molar refractivity (Wildman–Crippen MR) is 234 cm³/mol. The lowest BCUT2D eigenvalue weighted by Crippen LogP contribution is -2.29.